The quantitative estimate of drug-likeness (QED) is 0.860. The Morgan fingerprint density at radius 1 is 1.05 bits per heavy atom. The van der Waals surface area contributed by atoms with Crippen molar-refractivity contribution in [3.05, 3.63) is 58.9 Å². The summed E-state index contributed by atoms with van der Waals surface area (Å²) in [5.74, 6) is -1.25. The molecule has 1 N–H and O–H groups in total. The highest BCUT2D eigenvalue weighted by Gasteiger charge is 2.30. The first-order chi connectivity index (χ1) is 10.1. The van der Waals surface area contributed by atoms with E-state index in [9.17, 15) is 9.59 Å². The molecule has 1 aliphatic heterocycles. The van der Waals surface area contributed by atoms with Gasteiger partial charge in [-0.3, -0.25) is 0 Å². The van der Waals surface area contributed by atoms with Gasteiger partial charge in [0, 0.05) is 11.6 Å². The van der Waals surface area contributed by atoms with Gasteiger partial charge in [-0.15, -0.1) is 0 Å². The van der Waals surface area contributed by atoms with E-state index in [1.165, 1.54) is 14.2 Å². The largest absolute Gasteiger partial charge is 0.466 e. The van der Waals surface area contributed by atoms with E-state index in [4.69, 9.17) is 9.47 Å². The van der Waals surface area contributed by atoms with E-state index in [2.05, 4.69) is 5.32 Å². The molecule has 0 aliphatic carbocycles. The highest BCUT2D eigenvalue weighted by Crippen LogP contribution is 2.32. The van der Waals surface area contributed by atoms with Gasteiger partial charge in [0.2, 0.25) is 0 Å². The van der Waals surface area contributed by atoms with Crippen LogP contribution in [0.3, 0.4) is 0 Å². The SMILES string of the molecule is COC(=O)C1=CC(c2ccccc2)C(C(=O)OC)=C(C)N1. The maximum absolute atomic E-state index is 12.0. The molecule has 1 unspecified atom stereocenters. The summed E-state index contributed by atoms with van der Waals surface area (Å²) >= 11 is 0. The van der Waals surface area contributed by atoms with E-state index < -0.39 is 11.9 Å². The van der Waals surface area contributed by atoms with E-state index in [1.807, 2.05) is 30.3 Å². The number of hydrogen-bond donors (Lipinski definition) is 1. The minimum Gasteiger partial charge on any atom is -0.466 e. The summed E-state index contributed by atoms with van der Waals surface area (Å²) in [6.45, 7) is 1.73. The molecule has 1 aromatic rings. The average Bonchev–Trinajstić information content (AvgIpc) is 2.53. The molecule has 0 fully saturated rings. The molecule has 0 bridgehead atoms. The van der Waals surface area contributed by atoms with E-state index >= 15 is 0 Å². The molecule has 21 heavy (non-hydrogen) atoms. The molecular weight excluding hydrogens is 270 g/mol. The summed E-state index contributed by atoms with van der Waals surface area (Å²) < 4.78 is 9.59. The van der Waals surface area contributed by atoms with Crippen LogP contribution in [0, 0.1) is 0 Å². The Morgan fingerprint density at radius 3 is 2.24 bits per heavy atom. The van der Waals surface area contributed by atoms with Crippen LogP contribution in [0.2, 0.25) is 0 Å². The lowest BCUT2D eigenvalue weighted by Crippen LogP contribution is -2.29. The third-order valence-corrected chi connectivity index (χ3v) is 3.34. The monoisotopic (exact) mass is 287 g/mol. The van der Waals surface area contributed by atoms with Crippen molar-refractivity contribution in [3.8, 4) is 0 Å². The summed E-state index contributed by atoms with van der Waals surface area (Å²) in [5, 5.41) is 2.90. The molecular formula is C16H17NO4. The predicted molar refractivity (Wildman–Crippen MR) is 77.1 cm³/mol. The molecule has 5 heteroatoms. The number of carbonyl (C=O) groups excluding carboxylic acids is 2. The molecule has 0 saturated heterocycles. The third-order valence-electron chi connectivity index (χ3n) is 3.34. The van der Waals surface area contributed by atoms with Gasteiger partial charge in [-0.25, -0.2) is 9.59 Å². The topological polar surface area (TPSA) is 64.6 Å². The van der Waals surface area contributed by atoms with Gasteiger partial charge in [0.15, 0.2) is 0 Å². The lowest BCUT2D eigenvalue weighted by atomic mass is 9.87. The molecule has 0 aromatic heterocycles. The number of carbonyl (C=O) groups is 2. The number of allylic oxidation sites excluding steroid dienone is 2. The molecule has 2 rings (SSSR count). The molecule has 5 nitrogen and oxygen atoms in total. The van der Waals surface area contributed by atoms with Crippen molar-refractivity contribution in [1.29, 1.82) is 0 Å². The number of benzene rings is 1. The van der Waals surface area contributed by atoms with Crippen molar-refractivity contribution in [3.63, 3.8) is 0 Å². The van der Waals surface area contributed by atoms with Crippen LogP contribution in [0.25, 0.3) is 0 Å². The van der Waals surface area contributed by atoms with Crippen molar-refractivity contribution >= 4 is 11.9 Å². The maximum atomic E-state index is 12.0. The second kappa shape index (κ2) is 6.26. The van der Waals surface area contributed by atoms with Gasteiger partial charge < -0.3 is 14.8 Å². The highest BCUT2D eigenvalue weighted by atomic mass is 16.5. The zero-order valence-corrected chi connectivity index (χ0v) is 12.2. The van der Waals surface area contributed by atoms with Crippen molar-refractivity contribution < 1.29 is 19.1 Å². The summed E-state index contributed by atoms with van der Waals surface area (Å²) in [5.41, 5.74) is 2.28. The smallest absolute Gasteiger partial charge is 0.354 e. The van der Waals surface area contributed by atoms with Crippen LogP contribution in [-0.4, -0.2) is 26.2 Å². The second-order valence-corrected chi connectivity index (χ2v) is 4.62. The molecule has 1 aliphatic rings. The van der Waals surface area contributed by atoms with Crippen molar-refractivity contribution in [2.24, 2.45) is 0 Å². The number of rotatable bonds is 3. The van der Waals surface area contributed by atoms with Gasteiger partial charge in [-0.1, -0.05) is 30.3 Å². The molecule has 0 radical (unpaired) electrons. The van der Waals surface area contributed by atoms with E-state index in [-0.39, 0.29) is 5.92 Å². The number of dihydropyridines is 1. The van der Waals surface area contributed by atoms with Crippen molar-refractivity contribution in [2.75, 3.05) is 14.2 Å². The van der Waals surface area contributed by atoms with Crippen LogP contribution in [0.1, 0.15) is 18.4 Å². The fraction of sp³-hybridized carbons (Fsp3) is 0.250. The number of methoxy groups -OCH3 is 2. The lowest BCUT2D eigenvalue weighted by Gasteiger charge is -2.25. The van der Waals surface area contributed by atoms with E-state index in [0.29, 0.717) is 17.0 Å². The zero-order valence-electron chi connectivity index (χ0n) is 12.2. The van der Waals surface area contributed by atoms with Gasteiger partial charge in [0.25, 0.3) is 0 Å². The Kier molecular flexibility index (Phi) is 4.42. The van der Waals surface area contributed by atoms with Crippen LogP contribution in [-0.2, 0) is 19.1 Å². The van der Waals surface area contributed by atoms with Gasteiger partial charge in [-0.05, 0) is 18.6 Å². The maximum Gasteiger partial charge on any atom is 0.354 e. The van der Waals surface area contributed by atoms with Crippen LogP contribution >= 0.6 is 0 Å². The number of esters is 2. The zero-order chi connectivity index (χ0) is 15.4. The molecule has 1 heterocycles. The Labute approximate surface area is 123 Å². The summed E-state index contributed by atoms with van der Waals surface area (Å²) in [6.07, 6.45) is 1.68. The normalized spacial score (nSPS) is 17.7. The fourth-order valence-corrected chi connectivity index (χ4v) is 2.34. The number of ether oxygens (including phenoxy) is 2. The molecule has 110 valence electrons. The van der Waals surface area contributed by atoms with Crippen molar-refractivity contribution in [2.45, 2.75) is 12.8 Å². The molecule has 0 saturated carbocycles. The van der Waals surface area contributed by atoms with Gasteiger partial charge >= 0.3 is 11.9 Å². The summed E-state index contributed by atoms with van der Waals surface area (Å²) in [6, 6.07) is 9.46. The highest BCUT2D eigenvalue weighted by molar-refractivity contribution is 5.95. The molecule has 0 amide bonds. The Bertz CT molecular complexity index is 616. The first kappa shape index (κ1) is 14.8. The average molecular weight is 287 g/mol. The van der Waals surface area contributed by atoms with Crippen LogP contribution in [0.4, 0.5) is 0 Å². The minimum atomic E-state index is -0.473. The Morgan fingerprint density at radius 2 is 1.67 bits per heavy atom. The fourth-order valence-electron chi connectivity index (χ4n) is 2.34. The predicted octanol–water partition coefficient (Wildman–Crippen LogP) is 1.88. The van der Waals surface area contributed by atoms with Crippen molar-refractivity contribution in [1.82, 2.24) is 5.32 Å². The second-order valence-electron chi connectivity index (χ2n) is 4.62. The molecule has 1 atom stereocenters. The van der Waals surface area contributed by atoms with Gasteiger partial charge in [-0.2, -0.15) is 0 Å². The van der Waals surface area contributed by atoms with Gasteiger partial charge in [0.05, 0.1) is 19.8 Å². The van der Waals surface area contributed by atoms with E-state index in [0.717, 1.165) is 5.56 Å². The minimum absolute atomic E-state index is 0.316. The Balaban J connectivity index is 2.50. The van der Waals surface area contributed by atoms with E-state index in [1.54, 1.807) is 13.0 Å². The first-order valence-corrected chi connectivity index (χ1v) is 6.49. The first-order valence-electron chi connectivity index (χ1n) is 6.49. The number of hydrogen-bond acceptors (Lipinski definition) is 5. The summed E-state index contributed by atoms with van der Waals surface area (Å²) in [7, 11) is 2.65. The third kappa shape index (κ3) is 2.97. The standard InChI is InChI=1S/C16H17NO4/c1-10-14(16(19)21-3)12(11-7-5-4-6-8-11)9-13(17-10)15(18)20-2/h4-9,12,17H,1-3H3. The number of nitrogens with one attached hydrogen (secondary N) is 1. The van der Waals surface area contributed by atoms with Crippen LogP contribution < -0.4 is 5.32 Å². The lowest BCUT2D eigenvalue weighted by molar-refractivity contribution is -0.138. The van der Waals surface area contributed by atoms with Crippen LogP contribution in [0.5, 0.6) is 0 Å². The van der Waals surface area contributed by atoms with Crippen LogP contribution in [0.15, 0.2) is 53.4 Å². The summed E-state index contributed by atoms with van der Waals surface area (Å²) in [4.78, 5) is 23.8. The van der Waals surface area contributed by atoms with Gasteiger partial charge in [0.1, 0.15) is 5.70 Å². The Hall–Kier alpha value is -2.56. The molecule has 1 aromatic carbocycles. The molecule has 0 spiro atoms.